The van der Waals surface area contributed by atoms with E-state index in [1.165, 1.54) is 11.5 Å². The molecule has 0 unspecified atom stereocenters. The van der Waals surface area contributed by atoms with Crippen LogP contribution in [-0.2, 0) is 0 Å². The van der Waals surface area contributed by atoms with Gasteiger partial charge in [-0.15, -0.1) is 0 Å². The molecule has 0 aromatic carbocycles. The van der Waals surface area contributed by atoms with Crippen LogP contribution in [0.4, 0.5) is 0 Å². The molecular weight excluding hydrogens is 204 g/mol. The van der Waals surface area contributed by atoms with Gasteiger partial charge in [-0.3, -0.25) is 0 Å². The summed E-state index contributed by atoms with van der Waals surface area (Å²) in [7, 11) is 0. The van der Waals surface area contributed by atoms with Gasteiger partial charge < -0.3 is 0 Å². The predicted octanol–water partition coefficient (Wildman–Crippen LogP) is 1.91. The van der Waals surface area contributed by atoms with Crippen LogP contribution in [0.5, 0.6) is 0 Å². The van der Waals surface area contributed by atoms with E-state index >= 15 is 0 Å². The van der Waals surface area contributed by atoms with Gasteiger partial charge in [-0.2, -0.15) is 4.98 Å². The minimum Gasteiger partial charge on any atom is -0.237 e. The molecule has 3 rings (SSSR count). The van der Waals surface area contributed by atoms with E-state index in [4.69, 9.17) is 0 Å². The van der Waals surface area contributed by atoms with Crippen molar-refractivity contribution in [1.29, 1.82) is 0 Å². The van der Waals surface area contributed by atoms with Gasteiger partial charge in [0.05, 0.1) is 4.88 Å². The first kappa shape index (κ1) is 7.16. The topological polar surface area (TPSA) is 43.1 Å². The lowest BCUT2D eigenvalue weighted by Gasteiger charge is -1.81. The molecule has 3 aromatic rings. The summed E-state index contributed by atoms with van der Waals surface area (Å²) in [6.45, 7) is 0. The summed E-state index contributed by atoms with van der Waals surface area (Å²) < 4.78 is 5.97. The van der Waals surface area contributed by atoms with Crippen LogP contribution in [0.25, 0.3) is 15.7 Å². The zero-order valence-corrected chi connectivity index (χ0v) is 8.05. The monoisotopic (exact) mass is 208 g/mol. The first-order valence-electron chi connectivity index (χ1n) is 3.65. The number of fused-ring (bicyclic) bond motifs is 1. The summed E-state index contributed by atoms with van der Waals surface area (Å²) in [5, 5.41) is 0.977. The van der Waals surface area contributed by atoms with Crippen molar-refractivity contribution in [2.45, 2.75) is 0 Å². The lowest BCUT2D eigenvalue weighted by molar-refractivity contribution is 1.28. The third kappa shape index (κ3) is 1.06. The van der Waals surface area contributed by atoms with Crippen LogP contribution >= 0.6 is 23.1 Å². The molecule has 0 N–H and O–H groups in total. The van der Waals surface area contributed by atoms with Gasteiger partial charge in [-0.1, -0.05) is 0 Å². The van der Waals surface area contributed by atoms with Crippen molar-refractivity contribution in [3.8, 4) is 9.88 Å². The second-order valence-electron chi connectivity index (χ2n) is 2.44. The van der Waals surface area contributed by atoms with E-state index in [1.54, 1.807) is 23.9 Å². The van der Waals surface area contributed by atoms with Crippen LogP contribution in [-0.4, -0.2) is 18.1 Å². The fourth-order valence-electron chi connectivity index (χ4n) is 1.06. The Labute approximate surface area is 81.8 Å². The third-order valence-corrected chi connectivity index (χ3v) is 3.47. The van der Waals surface area contributed by atoms with Gasteiger partial charge in [0.25, 0.3) is 0 Å². The number of aromatic nitrogens is 4. The Kier molecular flexibility index (Phi) is 1.44. The maximum absolute atomic E-state index is 4.36. The van der Waals surface area contributed by atoms with Crippen LogP contribution in [0, 0.1) is 0 Å². The van der Waals surface area contributed by atoms with Crippen molar-refractivity contribution in [2.75, 3.05) is 0 Å². The summed E-state index contributed by atoms with van der Waals surface area (Å²) in [4.78, 5) is 9.54. The zero-order chi connectivity index (χ0) is 8.67. The highest BCUT2D eigenvalue weighted by Crippen LogP contribution is 2.25. The normalized spacial score (nSPS) is 11.1. The summed E-state index contributed by atoms with van der Waals surface area (Å²) in [6.07, 6.45) is 5.43. The van der Waals surface area contributed by atoms with Gasteiger partial charge in [0.1, 0.15) is 0 Å². The zero-order valence-electron chi connectivity index (χ0n) is 6.41. The molecule has 0 spiro atoms. The lowest BCUT2D eigenvalue weighted by atomic mass is 10.5. The largest absolute Gasteiger partial charge is 0.244 e. The molecule has 4 nitrogen and oxygen atoms in total. The number of imidazole rings is 1. The molecule has 0 fully saturated rings. The van der Waals surface area contributed by atoms with Gasteiger partial charge in [-0.05, 0) is 29.1 Å². The van der Waals surface area contributed by atoms with E-state index in [1.807, 2.05) is 16.1 Å². The van der Waals surface area contributed by atoms with Gasteiger partial charge in [0.2, 0.25) is 5.78 Å². The van der Waals surface area contributed by atoms with Crippen molar-refractivity contribution in [1.82, 2.24) is 18.1 Å². The van der Waals surface area contributed by atoms with E-state index < -0.39 is 0 Å². The predicted molar refractivity (Wildman–Crippen MR) is 52.0 cm³/mol. The van der Waals surface area contributed by atoms with Gasteiger partial charge >= 0.3 is 0 Å². The Morgan fingerprint density at radius 3 is 3.08 bits per heavy atom. The van der Waals surface area contributed by atoms with Crippen molar-refractivity contribution in [3.05, 3.63) is 24.7 Å². The Balaban J connectivity index is 2.23. The van der Waals surface area contributed by atoms with E-state index in [-0.39, 0.29) is 0 Å². The Morgan fingerprint density at radius 2 is 2.31 bits per heavy atom. The van der Waals surface area contributed by atoms with E-state index in [2.05, 4.69) is 14.3 Å². The van der Waals surface area contributed by atoms with Crippen molar-refractivity contribution in [3.63, 3.8) is 0 Å². The first-order valence-corrected chi connectivity index (χ1v) is 5.19. The van der Waals surface area contributed by atoms with Crippen LogP contribution in [0.3, 0.4) is 0 Å². The smallest absolute Gasteiger partial charge is 0.237 e. The number of hydrogen-bond acceptors (Lipinski definition) is 5. The van der Waals surface area contributed by atoms with Gasteiger partial charge in [-0.25, -0.2) is 13.1 Å². The molecule has 0 aliphatic rings. The first-order chi connectivity index (χ1) is 6.43. The van der Waals surface area contributed by atoms with E-state index in [0.717, 1.165) is 15.7 Å². The molecule has 0 atom stereocenters. The molecule has 0 saturated carbocycles. The highest BCUT2D eigenvalue weighted by Gasteiger charge is 2.07. The summed E-state index contributed by atoms with van der Waals surface area (Å²) in [5.74, 6) is 0.758. The molecule has 64 valence electrons. The number of hydrogen-bond donors (Lipinski definition) is 0. The average Bonchev–Trinajstić information content (AvgIpc) is 2.78. The van der Waals surface area contributed by atoms with Crippen LogP contribution in [0.15, 0.2) is 24.7 Å². The molecule has 6 heteroatoms. The van der Waals surface area contributed by atoms with Crippen molar-refractivity contribution < 1.29 is 0 Å². The van der Waals surface area contributed by atoms with Gasteiger partial charge in [0, 0.05) is 18.6 Å². The summed E-state index contributed by atoms with van der Waals surface area (Å²) in [5.41, 5.74) is 0. The molecular formula is C7H4N4S2. The highest BCUT2D eigenvalue weighted by atomic mass is 32.1. The fourth-order valence-corrected chi connectivity index (χ4v) is 2.52. The Hall–Kier alpha value is -1.27. The Morgan fingerprint density at radius 1 is 1.31 bits per heavy atom. The second-order valence-corrected chi connectivity index (χ2v) is 4.23. The molecule has 3 heterocycles. The van der Waals surface area contributed by atoms with Crippen molar-refractivity contribution in [2.24, 2.45) is 0 Å². The van der Waals surface area contributed by atoms with Gasteiger partial charge in [0.15, 0.2) is 5.01 Å². The van der Waals surface area contributed by atoms with Crippen LogP contribution in [0.1, 0.15) is 0 Å². The minimum atomic E-state index is 0.758. The number of nitrogens with zero attached hydrogens (tertiary/aromatic N) is 4. The summed E-state index contributed by atoms with van der Waals surface area (Å²) in [6, 6.07) is 1.96. The SMILES string of the molecule is c1cc(-c2nc3nccn3s2)sn1. The molecule has 0 aliphatic carbocycles. The maximum atomic E-state index is 4.36. The Bertz CT molecular complexity index is 493. The standard InChI is InChI=1S/C7H4N4S2/c1-2-9-12-5(1)6-10-7-8-3-4-11(7)13-6/h1-4H. The minimum absolute atomic E-state index is 0.758. The molecule has 0 aliphatic heterocycles. The van der Waals surface area contributed by atoms with E-state index in [9.17, 15) is 0 Å². The maximum Gasteiger partial charge on any atom is 0.244 e. The molecule has 0 radical (unpaired) electrons. The quantitative estimate of drug-likeness (QED) is 0.613. The van der Waals surface area contributed by atoms with E-state index in [0.29, 0.717) is 0 Å². The molecule has 13 heavy (non-hydrogen) atoms. The second kappa shape index (κ2) is 2.61. The highest BCUT2D eigenvalue weighted by molar-refractivity contribution is 7.16. The number of rotatable bonds is 1. The average molecular weight is 208 g/mol. The van der Waals surface area contributed by atoms with Crippen LogP contribution in [0.2, 0.25) is 0 Å². The summed E-state index contributed by atoms with van der Waals surface area (Å²) >= 11 is 3.03. The van der Waals surface area contributed by atoms with Crippen LogP contribution < -0.4 is 0 Å². The lowest BCUT2D eigenvalue weighted by Crippen LogP contribution is -1.70. The molecule has 0 saturated heterocycles. The fraction of sp³-hybridized carbons (Fsp3) is 0. The molecule has 0 amide bonds. The molecule has 3 aromatic heterocycles. The molecule has 0 bridgehead atoms. The third-order valence-electron chi connectivity index (χ3n) is 1.62. The van der Waals surface area contributed by atoms with Crippen molar-refractivity contribution >= 4 is 28.8 Å².